The highest BCUT2D eigenvalue weighted by atomic mass is 16.5. The number of esters is 1. The van der Waals surface area contributed by atoms with Gasteiger partial charge in [0.1, 0.15) is 0 Å². The number of ether oxygens (including phenoxy) is 1. The summed E-state index contributed by atoms with van der Waals surface area (Å²) < 4.78 is 4.99. The predicted molar refractivity (Wildman–Crippen MR) is 127 cm³/mol. The molecule has 0 aromatic heterocycles. The highest BCUT2D eigenvalue weighted by molar-refractivity contribution is 5.69. The van der Waals surface area contributed by atoms with E-state index in [1.54, 1.807) is 0 Å². The van der Waals surface area contributed by atoms with Crippen LogP contribution in [0.15, 0.2) is 0 Å². The summed E-state index contributed by atoms with van der Waals surface area (Å²) in [5.41, 5.74) is 0.320. The van der Waals surface area contributed by atoms with Crippen molar-refractivity contribution in [2.24, 2.45) is 0 Å². The summed E-state index contributed by atoms with van der Waals surface area (Å²) in [6.45, 7) is 10.4. The van der Waals surface area contributed by atoms with Crippen molar-refractivity contribution in [2.75, 3.05) is 13.2 Å². The first-order valence-corrected chi connectivity index (χ1v) is 13.0. The summed E-state index contributed by atoms with van der Waals surface area (Å²) in [5.74, 6) is -0.0478. The van der Waals surface area contributed by atoms with E-state index in [0.29, 0.717) is 18.6 Å². The van der Waals surface area contributed by atoms with E-state index in [4.69, 9.17) is 4.74 Å². The average molecular weight is 412 g/mol. The molecular weight excluding hydrogens is 358 g/mol. The summed E-state index contributed by atoms with van der Waals surface area (Å²) in [6, 6.07) is 0. The molecule has 3 nitrogen and oxygen atoms in total. The molecule has 0 aliphatic heterocycles. The van der Waals surface area contributed by atoms with Gasteiger partial charge in [-0.15, -0.1) is 0 Å². The van der Waals surface area contributed by atoms with Crippen molar-refractivity contribution >= 4 is 5.97 Å². The van der Waals surface area contributed by atoms with Gasteiger partial charge in [0.2, 0.25) is 0 Å². The third kappa shape index (κ3) is 16.9. The quantitative estimate of drug-likeness (QED) is 0.145. The van der Waals surface area contributed by atoms with E-state index in [0.717, 1.165) is 25.8 Å². The Labute approximate surface area is 183 Å². The Morgan fingerprint density at radius 1 is 0.690 bits per heavy atom. The minimum atomic E-state index is -0.0478. The maximum absolute atomic E-state index is 11.4. The van der Waals surface area contributed by atoms with Crippen LogP contribution in [0.1, 0.15) is 143 Å². The third-order valence-electron chi connectivity index (χ3n) is 6.48. The number of carbonyl (C=O) groups is 1. The van der Waals surface area contributed by atoms with Crippen LogP contribution in [0.2, 0.25) is 0 Å². The summed E-state index contributed by atoms with van der Waals surface area (Å²) in [4.78, 5) is 11.4. The van der Waals surface area contributed by atoms with Gasteiger partial charge in [-0.3, -0.25) is 4.79 Å². The zero-order valence-corrected chi connectivity index (χ0v) is 20.5. The van der Waals surface area contributed by atoms with Crippen LogP contribution in [0.4, 0.5) is 0 Å². The van der Waals surface area contributed by atoms with E-state index in [1.165, 1.54) is 89.9 Å². The van der Waals surface area contributed by atoms with Crippen molar-refractivity contribution in [3.63, 3.8) is 0 Å². The number of hydrogen-bond acceptors (Lipinski definition) is 3. The van der Waals surface area contributed by atoms with Crippen LogP contribution in [0.5, 0.6) is 0 Å². The molecule has 3 heteroatoms. The monoisotopic (exact) mass is 411 g/mol. The van der Waals surface area contributed by atoms with Crippen LogP contribution in [0.25, 0.3) is 0 Å². The van der Waals surface area contributed by atoms with Gasteiger partial charge >= 0.3 is 5.97 Å². The molecule has 0 amide bonds. The SMILES string of the molecule is CCCCCCCCCCCCCC(CC)(CC)NCCCCCC(=O)OCC. The summed E-state index contributed by atoms with van der Waals surface area (Å²) in [6.07, 6.45) is 23.0. The van der Waals surface area contributed by atoms with Crippen LogP contribution < -0.4 is 5.32 Å². The maximum Gasteiger partial charge on any atom is 0.305 e. The van der Waals surface area contributed by atoms with Crippen LogP contribution >= 0.6 is 0 Å². The number of nitrogens with one attached hydrogen (secondary N) is 1. The van der Waals surface area contributed by atoms with E-state index in [1.807, 2.05) is 6.92 Å². The summed E-state index contributed by atoms with van der Waals surface area (Å²) in [5, 5.41) is 3.87. The van der Waals surface area contributed by atoms with Gasteiger partial charge < -0.3 is 10.1 Å². The van der Waals surface area contributed by atoms with Gasteiger partial charge in [0, 0.05) is 12.0 Å². The molecule has 0 aliphatic carbocycles. The number of unbranched alkanes of at least 4 members (excludes halogenated alkanes) is 12. The van der Waals surface area contributed by atoms with Gasteiger partial charge in [-0.25, -0.2) is 0 Å². The van der Waals surface area contributed by atoms with Crippen molar-refractivity contribution in [1.82, 2.24) is 5.32 Å². The average Bonchev–Trinajstić information content (AvgIpc) is 2.73. The molecule has 0 radical (unpaired) electrons. The minimum Gasteiger partial charge on any atom is -0.466 e. The Kier molecular flexibility index (Phi) is 20.3. The Bertz CT molecular complexity index is 353. The lowest BCUT2D eigenvalue weighted by atomic mass is 9.86. The van der Waals surface area contributed by atoms with Crippen LogP contribution in [-0.2, 0) is 9.53 Å². The first kappa shape index (κ1) is 28.4. The standard InChI is InChI=1S/C26H53NO2/c1-5-9-10-11-12-13-14-15-16-17-20-23-26(6-2,7-3)27-24-21-18-19-22-25(28)29-8-4/h27H,5-24H2,1-4H3. The molecule has 0 heterocycles. The van der Waals surface area contributed by atoms with Crippen LogP contribution in [-0.4, -0.2) is 24.7 Å². The van der Waals surface area contributed by atoms with Crippen LogP contribution in [0.3, 0.4) is 0 Å². The highest BCUT2D eigenvalue weighted by Gasteiger charge is 2.24. The molecular formula is C26H53NO2. The fraction of sp³-hybridized carbons (Fsp3) is 0.962. The maximum atomic E-state index is 11.4. The molecule has 0 fully saturated rings. The molecule has 0 atom stereocenters. The number of hydrogen-bond donors (Lipinski definition) is 1. The zero-order chi connectivity index (χ0) is 21.6. The van der Waals surface area contributed by atoms with Gasteiger partial charge in [0.15, 0.2) is 0 Å². The topological polar surface area (TPSA) is 38.3 Å². The van der Waals surface area contributed by atoms with Crippen LogP contribution in [0, 0.1) is 0 Å². The molecule has 0 saturated carbocycles. The van der Waals surface area contributed by atoms with E-state index in [2.05, 4.69) is 26.1 Å². The smallest absolute Gasteiger partial charge is 0.305 e. The fourth-order valence-corrected chi connectivity index (χ4v) is 4.23. The lowest BCUT2D eigenvalue weighted by Crippen LogP contribution is -2.44. The predicted octanol–water partition coefficient (Wildman–Crippen LogP) is 7.96. The molecule has 0 bridgehead atoms. The molecule has 0 aromatic rings. The second-order valence-corrected chi connectivity index (χ2v) is 8.82. The highest BCUT2D eigenvalue weighted by Crippen LogP contribution is 2.24. The minimum absolute atomic E-state index is 0.0478. The van der Waals surface area contributed by atoms with E-state index in [9.17, 15) is 4.79 Å². The van der Waals surface area contributed by atoms with E-state index < -0.39 is 0 Å². The van der Waals surface area contributed by atoms with E-state index in [-0.39, 0.29) is 5.97 Å². The Morgan fingerprint density at radius 3 is 1.72 bits per heavy atom. The molecule has 0 spiro atoms. The van der Waals surface area contributed by atoms with Gasteiger partial charge in [-0.05, 0) is 45.6 Å². The van der Waals surface area contributed by atoms with Crippen molar-refractivity contribution in [3.8, 4) is 0 Å². The summed E-state index contributed by atoms with van der Waals surface area (Å²) >= 11 is 0. The van der Waals surface area contributed by atoms with Crippen molar-refractivity contribution < 1.29 is 9.53 Å². The number of carbonyl (C=O) groups excluding carboxylic acids is 1. The molecule has 0 rings (SSSR count). The first-order chi connectivity index (χ1) is 14.1. The molecule has 174 valence electrons. The first-order valence-electron chi connectivity index (χ1n) is 13.0. The Balaban J connectivity index is 3.71. The second kappa shape index (κ2) is 20.7. The van der Waals surface area contributed by atoms with Crippen molar-refractivity contribution in [2.45, 2.75) is 149 Å². The zero-order valence-electron chi connectivity index (χ0n) is 20.5. The molecule has 0 aliphatic rings. The van der Waals surface area contributed by atoms with Gasteiger partial charge in [-0.1, -0.05) is 97.8 Å². The summed E-state index contributed by atoms with van der Waals surface area (Å²) in [7, 11) is 0. The largest absolute Gasteiger partial charge is 0.466 e. The Hall–Kier alpha value is -0.570. The Morgan fingerprint density at radius 2 is 1.21 bits per heavy atom. The molecule has 0 saturated heterocycles. The van der Waals surface area contributed by atoms with Crippen molar-refractivity contribution in [1.29, 1.82) is 0 Å². The number of rotatable bonds is 22. The third-order valence-corrected chi connectivity index (χ3v) is 6.48. The van der Waals surface area contributed by atoms with Gasteiger partial charge in [0.25, 0.3) is 0 Å². The van der Waals surface area contributed by atoms with E-state index >= 15 is 0 Å². The van der Waals surface area contributed by atoms with Crippen molar-refractivity contribution in [3.05, 3.63) is 0 Å². The second-order valence-electron chi connectivity index (χ2n) is 8.82. The molecule has 29 heavy (non-hydrogen) atoms. The van der Waals surface area contributed by atoms with Gasteiger partial charge in [0.05, 0.1) is 6.61 Å². The molecule has 0 aromatic carbocycles. The lowest BCUT2D eigenvalue weighted by molar-refractivity contribution is -0.143. The normalized spacial score (nSPS) is 11.7. The lowest BCUT2D eigenvalue weighted by Gasteiger charge is -2.33. The fourth-order valence-electron chi connectivity index (χ4n) is 4.23. The molecule has 0 unspecified atom stereocenters. The molecule has 1 N–H and O–H groups in total. The van der Waals surface area contributed by atoms with Gasteiger partial charge in [-0.2, -0.15) is 0 Å².